The van der Waals surface area contributed by atoms with Crippen LogP contribution in [0.1, 0.15) is 107 Å². The number of halogens is 8. The van der Waals surface area contributed by atoms with Crippen LogP contribution < -0.4 is 0 Å². The van der Waals surface area contributed by atoms with E-state index in [2.05, 4.69) is 18.9 Å². The molecule has 50 heteroatoms. The standard InChI is InChI=1S/C26H42O16.C12H26O6.C10H18O6.2C4H10O2.2C3H3Cl3O3.2C2H6O2.2CH3I/c1-18(27)38-15-25(5,14-34-8)20(29)35-11-12-36-21(30)26(6,16-39-19(2)28)17-41-22(31)40-13-24(3,4)42-23(32)37-10-9-33-7;1-11(5-13,6-14)9-17-3-4-18-10-12(2,7-15)8-16;1-8(11)15-7-10(2,3)16-9(12)14-6-5-13-4;2*1-4(2,6)3-5;2*1-8-2(7)9-3(4,5)6;2*3-1-2-4;2*1-2/h9-17H2,1-8H3;13-16H,3-10H2,1-2H3;5-7H2,1-4H3;2*5-6H,3H2,1-2H3;2*1H3;2*3-4H,1-2H2;2*1H3/i;;;;;;;;;2*1D. The number of rotatable bonds is 40. The van der Waals surface area contributed by atoms with Gasteiger partial charge in [0.1, 0.15) is 81.5 Å². The van der Waals surface area contributed by atoms with Gasteiger partial charge in [-0.05, 0) is 149 Å². The molecule has 0 aliphatic heterocycles. The maximum absolute atomic E-state index is 12.8. The lowest BCUT2D eigenvalue weighted by Crippen LogP contribution is -2.42. The molecule has 0 aromatic heterocycles. The SMILES string of the molecule is CC(C)(O)CO.CC(C)(O)CO.CC(CO)(CO)COCCOCC(C)(CO)CO.COC(=O)OC(Cl)(Cl)Cl.COC(=O)OC(Cl)(Cl)Cl.COCCOC(=O)OC(C)(C)COC(=O)OCC(C)(COC(C)=O)C(=O)OCCOC(=O)C(C)(COC)COC(C)=O.COCCOC(=O)OC(C)(C)COC(C)=O.OCCO.OCCO.[2H]CI.[2H]CI. The first kappa shape index (κ1) is 132. The van der Waals surface area contributed by atoms with Gasteiger partial charge in [0.15, 0.2) is 0 Å². The molecule has 0 bridgehead atoms. The minimum Gasteiger partial charge on any atom is -0.465 e. The highest BCUT2D eigenvalue weighted by Gasteiger charge is 2.41. The Balaban J connectivity index is -0.000000140. The fourth-order valence-electron chi connectivity index (χ4n) is 4.84. The van der Waals surface area contributed by atoms with Crippen molar-refractivity contribution in [3.8, 4) is 0 Å². The molecule has 118 heavy (non-hydrogen) atoms. The lowest BCUT2D eigenvalue weighted by molar-refractivity contribution is -0.174. The molecule has 0 aliphatic rings. The zero-order chi connectivity index (χ0) is 96.7. The van der Waals surface area contributed by atoms with Gasteiger partial charge in [-0.3, -0.25) is 24.0 Å². The van der Waals surface area contributed by atoms with Crippen molar-refractivity contribution in [3.63, 3.8) is 0 Å². The third-order valence-electron chi connectivity index (χ3n) is 11.1. The highest BCUT2D eigenvalue weighted by molar-refractivity contribution is 14.1. The molecule has 2 atom stereocenters. The van der Waals surface area contributed by atoms with Crippen molar-refractivity contribution in [2.45, 2.75) is 134 Å². The molecule has 12 N–H and O–H groups in total. The molecule has 0 radical (unpaired) electrons. The molecule has 2 unspecified atom stereocenters. The molecule has 0 aromatic rings. The second-order valence-corrected chi connectivity index (χ2v) is 30.5. The zero-order valence-electron chi connectivity index (χ0n) is 72.4. The molecule has 0 aromatic carbocycles. The number of carbonyl (C=O) groups excluding carboxylic acids is 10. The van der Waals surface area contributed by atoms with Crippen molar-refractivity contribution in [1.82, 2.24) is 0 Å². The molecule has 0 rings (SSSR count). The number of ether oxygens (including phenoxy) is 20. The fraction of sp³-hybridized carbons (Fsp3) is 0.853. The fourth-order valence-corrected chi connectivity index (χ4v) is 5.22. The van der Waals surface area contributed by atoms with Gasteiger partial charge in [-0.1, -0.05) is 59.0 Å². The van der Waals surface area contributed by atoms with Gasteiger partial charge in [-0.15, -0.1) is 0 Å². The van der Waals surface area contributed by atoms with Gasteiger partial charge in [-0.2, -0.15) is 0 Å². The Hall–Kier alpha value is -3.78. The summed E-state index contributed by atoms with van der Waals surface area (Å²) >= 11 is 34.0. The van der Waals surface area contributed by atoms with Crippen molar-refractivity contribution >= 4 is 175 Å². The first-order chi connectivity index (χ1) is 55.0. The third-order valence-corrected chi connectivity index (χ3v) is 11.6. The van der Waals surface area contributed by atoms with Crippen molar-refractivity contribution < 1.29 is 207 Å². The van der Waals surface area contributed by atoms with Crippen LogP contribution in [-0.4, -0.2) is 369 Å². The summed E-state index contributed by atoms with van der Waals surface area (Å²) in [5.41, 5.74) is -8.22. The number of alkyl halides is 8. The first-order valence-electron chi connectivity index (χ1n) is 35.2. The summed E-state index contributed by atoms with van der Waals surface area (Å²) in [6, 6.07) is 0. The number of hydrogen-bond donors (Lipinski definition) is 12. The van der Waals surface area contributed by atoms with E-state index in [-0.39, 0.29) is 126 Å². The number of aliphatic hydroxyl groups is 12. The molecule has 0 aliphatic carbocycles. The van der Waals surface area contributed by atoms with Crippen LogP contribution in [0.15, 0.2) is 0 Å². The van der Waals surface area contributed by atoms with E-state index in [9.17, 15) is 47.9 Å². The van der Waals surface area contributed by atoms with Gasteiger partial charge in [0, 0.05) is 55.7 Å². The zero-order valence-corrected chi connectivity index (χ0v) is 79.3. The lowest BCUT2D eigenvalue weighted by atomic mass is 9.93. The van der Waals surface area contributed by atoms with Crippen LogP contribution in [0.2, 0.25) is 0 Å². The Morgan fingerprint density at radius 3 is 0.780 bits per heavy atom. The Labute approximate surface area is 750 Å². The molecule has 0 saturated carbocycles. The van der Waals surface area contributed by atoms with E-state index >= 15 is 0 Å². The molecule has 0 spiro atoms. The Kier molecular flexibility index (Phi) is 91.4. The highest BCUT2D eigenvalue weighted by Crippen LogP contribution is 2.29. The van der Waals surface area contributed by atoms with Crippen LogP contribution in [0.25, 0.3) is 0 Å². The molecule has 0 amide bonds. The predicted molar refractivity (Wildman–Crippen MR) is 443 cm³/mol. The first-order valence-corrected chi connectivity index (χ1v) is 39.1. The van der Waals surface area contributed by atoms with Gasteiger partial charge in [-0.25, -0.2) is 24.0 Å². The topological polar surface area (TPSA) is 598 Å². The second-order valence-electron chi connectivity index (χ2n) is 26.1. The van der Waals surface area contributed by atoms with E-state index in [1.54, 1.807) is 55.4 Å². The molecular weight excluding hydrogens is 1960 g/mol. The van der Waals surface area contributed by atoms with Gasteiger partial charge >= 0.3 is 68.6 Å². The van der Waals surface area contributed by atoms with Crippen LogP contribution in [0, 0.1) is 21.7 Å². The summed E-state index contributed by atoms with van der Waals surface area (Å²) in [6.07, 6.45) is -5.08. The Morgan fingerprint density at radius 1 is 0.314 bits per heavy atom. The van der Waals surface area contributed by atoms with E-state index in [0.717, 1.165) is 21.1 Å². The number of hydrogen-bond acceptors (Lipinski definition) is 42. The average Bonchev–Trinajstić information content (AvgIpc) is 0.869. The van der Waals surface area contributed by atoms with E-state index in [1.807, 2.05) is 45.2 Å². The minimum absolute atomic E-state index is 0.0122. The van der Waals surface area contributed by atoms with Crippen molar-refractivity contribution in [3.05, 3.63) is 0 Å². The quantitative estimate of drug-likeness (QED) is 0.0119. The molecule has 42 nitrogen and oxygen atoms in total. The van der Waals surface area contributed by atoms with Crippen molar-refractivity contribution in [2.24, 2.45) is 21.7 Å². The van der Waals surface area contributed by atoms with Crippen LogP contribution in [0.4, 0.5) is 24.0 Å². The van der Waals surface area contributed by atoms with Crippen molar-refractivity contribution in [1.29, 1.82) is 0 Å². The van der Waals surface area contributed by atoms with Crippen LogP contribution in [0.3, 0.4) is 0 Å². The van der Waals surface area contributed by atoms with Gasteiger partial charge in [0.2, 0.25) is 0 Å². The summed E-state index contributed by atoms with van der Waals surface area (Å²) in [6.45, 7) is 19.8. The minimum atomic E-state index is -2.03. The average molecular weight is 2090 g/mol. The summed E-state index contributed by atoms with van der Waals surface area (Å²) in [4.78, 5) is 115. The molecule has 0 heterocycles. The Morgan fingerprint density at radius 2 is 0.559 bits per heavy atom. The lowest BCUT2D eigenvalue weighted by Gasteiger charge is -2.27. The number of esters is 5. The summed E-state index contributed by atoms with van der Waals surface area (Å²) in [5.74, 6) is -3.41. The van der Waals surface area contributed by atoms with E-state index in [0.29, 0.717) is 29.6 Å². The number of methoxy groups -OCH3 is 5. The molecular formula is C68H130Cl6I2O42. The van der Waals surface area contributed by atoms with Crippen LogP contribution in [0.5, 0.6) is 0 Å². The summed E-state index contributed by atoms with van der Waals surface area (Å²) in [7, 11) is 6.51. The molecule has 0 saturated heterocycles. The third kappa shape index (κ3) is 106. The van der Waals surface area contributed by atoms with Crippen molar-refractivity contribution in [2.75, 3.05) is 217 Å². The van der Waals surface area contributed by atoms with E-state index in [4.69, 9.17) is 209 Å². The predicted octanol–water partition coefficient (Wildman–Crippen LogP) is 5.46. The summed E-state index contributed by atoms with van der Waals surface area (Å²) < 4.78 is 104. The largest absolute Gasteiger partial charge is 0.511 e. The normalized spacial score (nSPS) is 12.0. The van der Waals surface area contributed by atoms with Gasteiger partial charge < -0.3 is 156 Å². The summed E-state index contributed by atoms with van der Waals surface area (Å²) in [5, 5.41) is 100. The van der Waals surface area contributed by atoms with Crippen LogP contribution in [-0.2, 0) is 119 Å². The van der Waals surface area contributed by atoms with Gasteiger partial charge in [0.05, 0.1) is 138 Å². The highest BCUT2D eigenvalue weighted by atomic mass is 127. The maximum Gasteiger partial charge on any atom is 0.511 e. The maximum atomic E-state index is 12.8. The monoisotopic (exact) mass is 2080 g/mol. The van der Waals surface area contributed by atoms with E-state index in [1.165, 1.54) is 62.9 Å². The smallest absolute Gasteiger partial charge is 0.465 e. The second kappa shape index (κ2) is 81.6. The van der Waals surface area contributed by atoms with Crippen LogP contribution >= 0.6 is 115 Å². The van der Waals surface area contributed by atoms with E-state index < -0.39 is 139 Å². The Bertz CT molecular complexity index is 2480. The number of aliphatic hydroxyl groups excluding tert-OH is 10. The van der Waals surface area contributed by atoms with Gasteiger partial charge in [0.25, 0.3) is 0 Å². The molecule has 710 valence electrons. The number of carbonyl (C=O) groups is 10. The molecule has 0 fully saturated rings.